The van der Waals surface area contributed by atoms with Crippen LogP contribution >= 0.6 is 23.2 Å². The predicted molar refractivity (Wildman–Crippen MR) is 89.4 cm³/mol. The second-order valence-corrected chi connectivity index (χ2v) is 6.40. The lowest BCUT2D eigenvalue weighted by Gasteiger charge is -2.37. The average molecular weight is 330 g/mol. The van der Waals surface area contributed by atoms with Crippen molar-refractivity contribution in [2.45, 2.75) is 18.4 Å². The quantitative estimate of drug-likeness (QED) is 0.747. The van der Waals surface area contributed by atoms with Gasteiger partial charge in [-0.05, 0) is 23.6 Å². The Kier molecular flexibility index (Phi) is 3.24. The van der Waals surface area contributed by atoms with Crippen LogP contribution in [0.5, 0.6) is 0 Å². The van der Waals surface area contributed by atoms with Gasteiger partial charge < -0.3 is 0 Å². The minimum atomic E-state index is -0.198. The first-order valence-electron chi connectivity index (χ1n) is 7.21. The summed E-state index contributed by atoms with van der Waals surface area (Å²) < 4.78 is 0. The lowest BCUT2D eigenvalue weighted by atomic mass is 9.81. The van der Waals surface area contributed by atoms with E-state index in [1.807, 2.05) is 36.4 Å². The Bertz CT molecular complexity index is 785. The highest BCUT2D eigenvalue weighted by atomic mass is 35.5. The van der Waals surface area contributed by atoms with Crippen molar-refractivity contribution in [3.63, 3.8) is 0 Å². The fraction of sp³-hybridized carbons (Fsp3) is 0.167. The number of amides is 1. The summed E-state index contributed by atoms with van der Waals surface area (Å²) in [5.74, 6) is 0.0124. The van der Waals surface area contributed by atoms with Crippen molar-refractivity contribution in [2.75, 3.05) is 4.90 Å². The summed E-state index contributed by atoms with van der Waals surface area (Å²) in [6.07, 6.45) is 0.752. The molecular weight excluding hydrogens is 317 g/mol. The molecule has 22 heavy (non-hydrogen) atoms. The summed E-state index contributed by atoms with van der Waals surface area (Å²) in [6, 6.07) is 18.1. The first-order chi connectivity index (χ1) is 10.7. The van der Waals surface area contributed by atoms with Crippen LogP contribution in [0.25, 0.3) is 0 Å². The van der Waals surface area contributed by atoms with E-state index in [4.69, 9.17) is 23.2 Å². The zero-order valence-corrected chi connectivity index (χ0v) is 13.2. The second-order valence-electron chi connectivity index (χ2n) is 5.61. The van der Waals surface area contributed by atoms with E-state index in [-0.39, 0.29) is 22.9 Å². The average Bonchev–Trinajstić information content (AvgIpc) is 2.79. The van der Waals surface area contributed by atoms with Crippen molar-refractivity contribution in [3.8, 4) is 0 Å². The fourth-order valence-electron chi connectivity index (χ4n) is 3.45. The van der Waals surface area contributed by atoms with E-state index in [9.17, 15) is 4.79 Å². The molecule has 4 rings (SSSR count). The molecule has 2 aromatic carbocycles. The molecule has 2 heterocycles. The number of benzene rings is 2. The number of nitrogens with zero attached hydrogens (tertiary/aromatic N) is 1. The molecule has 0 saturated carbocycles. The van der Waals surface area contributed by atoms with E-state index in [0.29, 0.717) is 5.03 Å². The number of anilines is 1. The number of fused-ring (bicyclic) bond motifs is 3. The normalized spacial score (nSPS) is 23.5. The Balaban J connectivity index is 1.89. The van der Waals surface area contributed by atoms with Crippen molar-refractivity contribution in [3.05, 3.63) is 75.8 Å². The van der Waals surface area contributed by atoms with Crippen molar-refractivity contribution >= 4 is 34.8 Å². The Labute approximate surface area is 139 Å². The number of rotatable bonds is 1. The monoisotopic (exact) mass is 329 g/mol. The Hall–Kier alpha value is -1.77. The van der Waals surface area contributed by atoms with E-state index < -0.39 is 0 Å². The van der Waals surface area contributed by atoms with E-state index in [2.05, 4.69) is 18.2 Å². The number of para-hydroxylation sites is 1. The smallest absolute Gasteiger partial charge is 0.271 e. The molecule has 0 radical (unpaired) electrons. The van der Waals surface area contributed by atoms with Crippen LogP contribution in [0.3, 0.4) is 0 Å². The molecule has 0 aromatic heterocycles. The van der Waals surface area contributed by atoms with Crippen molar-refractivity contribution < 1.29 is 4.79 Å². The van der Waals surface area contributed by atoms with Gasteiger partial charge >= 0.3 is 0 Å². The molecule has 2 aliphatic heterocycles. The Morgan fingerprint density at radius 2 is 1.64 bits per heavy atom. The van der Waals surface area contributed by atoms with E-state index in [0.717, 1.165) is 17.7 Å². The maximum absolute atomic E-state index is 12.4. The van der Waals surface area contributed by atoms with Crippen LogP contribution in [0.15, 0.2) is 64.7 Å². The molecule has 1 unspecified atom stereocenters. The number of hydrogen-bond acceptors (Lipinski definition) is 1. The molecule has 0 aliphatic carbocycles. The van der Waals surface area contributed by atoms with Crippen LogP contribution in [0.4, 0.5) is 5.69 Å². The molecule has 110 valence electrons. The highest BCUT2D eigenvalue weighted by Crippen LogP contribution is 2.48. The third kappa shape index (κ3) is 1.91. The van der Waals surface area contributed by atoms with Gasteiger partial charge in [-0.2, -0.15) is 0 Å². The molecule has 0 saturated heterocycles. The lowest BCUT2D eigenvalue weighted by molar-refractivity contribution is -0.114. The van der Waals surface area contributed by atoms with Gasteiger partial charge in [0.25, 0.3) is 5.91 Å². The zero-order chi connectivity index (χ0) is 15.3. The van der Waals surface area contributed by atoms with Gasteiger partial charge in [-0.3, -0.25) is 9.69 Å². The van der Waals surface area contributed by atoms with Gasteiger partial charge in [-0.25, -0.2) is 0 Å². The molecule has 2 nitrogen and oxygen atoms in total. The first-order valence-corrected chi connectivity index (χ1v) is 7.96. The molecule has 2 aliphatic rings. The molecule has 2 aromatic rings. The molecule has 0 bridgehead atoms. The molecule has 4 heteroatoms. The van der Waals surface area contributed by atoms with Gasteiger partial charge in [0, 0.05) is 11.6 Å². The number of carbonyl (C=O) groups is 1. The molecule has 0 N–H and O–H groups in total. The topological polar surface area (TPSA) is 20.3 Å². The minimum absolute atomic E-state index is 0.148. The second kappa shape index (κ2) is 5.15. The molecule has 1 amide bonds. The van der Waals surface area contributed by atoms with Gasteiger partial charge in [0.1, 0.15) is 5.03 Å². The third-order valence-corrected chi connectivity index (χ3v) is 5.36. The predicted octanol–water partition coefficient (Wildman–Crippen LogP) is 4.63. The van der Waals surface area contributed by atoms with Gasteiger partial charge in [0.2, 0.25) is 0 Å². The van der Waals surface area contributed by atoms with Gasteiger partial charge in [0.05, 0.1) is 11.1 Å². The Morgan fingerprint density at radius 3 is 2.41 bits per heavy atom. The summed E-state index contributed by atoms with van der Waals surface area (Å²) in [7, 11) is 0. The SMILES string of the molecule is O=C1C(Cl)=C(Cl)[C@@H]2CC(c3ccccc3)c3ccccc3N12. The van der Waals surface area contributed by atoms with Crippen LogP contribution in [0.2, 0.25) is 0 Å². The van der Waals surface area contributed by atoms with Gasteiger partial charge in [-0.1, -0.05) is 71.7 Å². The summed E-state index contributed by atoms with van der Waals surface area (Å²) >= 11 is 12.4. The summed E-state index contributed by atoms with van der Waals surface area (Å²) in [5, 5.41) is 0.609. The zero-order valence-electron chi connectivity index (χ0n) is 11.7. The van der Waals surface area contributed by atoms with Gasteiger partial charge in [0.15, 0.2) is 0 Å². The standard InChI is InChI=1S/C18H13Cl2NO/c19-16-15-10-13(11-6-2-1-3-7-11)12-8-4-5-9-14(12)21(15)18(22)17(16)20/h1-9,13,15H,10H2/t13?,15-/m0/s1. The summed E-state index contributed by atoms with van der Waals surface area (Å²) in [6.45, 7) is 0. The highest BCUT2D eigenvalue weighted by molar-refractivity contribution is 6.52. The van der Waals surface area contributed by atoms with Crippen LogP contribution in [0.1, 0.15) is 23.5 Å². The van der Waals surface area contributed by atoms with Crippen LogP contribution in [-0.4, -0.2) is 11.9 Å². The van der Waals surface area contributed by atoms with Crippen LogP contribution in [-0.2, 0) is 4.79 Å². The maximum Gasteiger partial charge on any atom is 0.271 e. The highest BCUT2D eigenvalue weighted by Gasteiger charge is 2.44. The third-order valence-electron chi connectivity index (χ3n) is 4.45. The van der Waals surface area contributed by atoms with Gasteiger partial charge in [-0.15, -0.1) is 0 Å². The Morgan fingerprint density at radius 1 is 0.955 bits per heavy atom. The first kappa shape index (κ1) is 13.9. The van der Waals surface area contributed by atoms with E-state index in [1.165, 1.54) is 5.56 Å². The van der Waals surface area contributed by atoms with E-state index in [1.54, 1.807) is 4.90 Å². The number of hydrogen-bond donors (Lipinski definition) is 0. The number of halogens is 2. The molecular formula is C18H13Cl2NO. The van der Waals surface area contributed by atoms with E-state index >= 15 is 0 Å². The molecule has 0 fully saturated rings. The molecule has 2 atom stereocenters. The van der Waals surface area contributed by atoms with Crippen LogP contribution in [0, 0.1) is 0 Å². The summed E-state index contributed by atoms with van der Waals surface area (Å²) in [5.41, 5.74) is 3.29. The van der Waals surface area contributed by atoms with Crippen LogP contribution < -0.4 is 4.90 Å². The minimum Gasteiger partial charge on any atom is -0.299 e. The lowest BCUT2D eigenvalue weighted by Crippen LogP contribution is -2.40. The number of carbonyl (C=O) groups excluding carboxylic acids is 1. The maximum atomic E-state index is 12.4. The van der Waals surface area contributed by atoms with Crippen molar-refractivity contribution in [1.82, 2.24) is 0 Å². The summed E-state index contributed by atoms with van der Waals surface area (Å²) in [4.78, 5) is 14.1. The van der Waals surface area contributed by atoms with Crippen molar-refractivity contribution in [1.29, 1.82) is 0 Å². The van der Waals surface area contributed by atoms with Crippen molar-refractivity contribution in [2.24, 2.45) is 0 Å². The fourth-order valence-corrected chi connectivity index (χ4v) is 3.93. The largest absolute Gasteiger partial charge is 0.299 e. The molecule has 0 spiro atoms.